The highest BCUT2D eigenvalue weighted by Gasteiger charge is 2.09. The number of hydrogen-bond donors (Lipinski definition) is 1. The first-order chi connectivity index (χ1) is 9.38. The summed E-state index contributed by atoms with van der Waals surface area (Å²) in [6.07, 6.45) is 3.64. The van der Waals surface area contributed by atoms with Gasteiger partial charge in [-0.2, -0.15) is 11.3 Å². The van der Waals surface area contributed by atoms with Crippen LogP contribution in [0.3, 0.4) is 0 Å². The van der Waals surface area contributed by atoms with Crippen LogP contribution in [-0.2, 0) is 12.8 Å². The lowest BCUT2D eigenvalue weighted by molar-refractivity contribution is 0.449. The molecule has 0 bridgehead atoms. The number of aryl methyl sites for hydroxylation is 1. The van der Waals surface area contributed by atoms with Crippen molar-refractivity contribution in [2.24, 2.45) is 5.92 Å². The van der Waals surface area contributed by atoms with Crippen molar-refractivity contribution >= 4 is 11.3 Å². The Kier molecular flexibility index (Phi) is 6.12. The molecule has 2 rings (SSSR count). The molecule has 0 aliphatic carbocycles. The highest BCUT2D eigenvalue weighted by molar-refractivity contribution is 7.07. The highest BCUT2D eigenvalue weighted by atomic mass is 32.1. The quantitative estimate of drug-likeness (QED) is 0.762. The fourth-order valence-electron chi connectivity index (χ4n) is 2.38. The van der Waals surface area contributed by atoms with Crippen molar-refractivity contribution in [3.63, 3.8) is 0 Å². The minimum Gasteiger partial charge on any atom is -0.317 e. The molecule has 2 heteroatoms. The van der Waals surface area contributed by atoms with E-state index in [0.29, 0.717) is 0 Å². The molecule has 0 radical (unpaired) electrons. The van der Waals surface area contributed by atoms with Crippen LogP contribution in [-0.4, -0.2) is 13.1 Å². The lowest BCUT2D eigenvalue weighted by Crippen LogP contribution is -2.24. The molecule has 1 unspecified atom stereocenters. The number of hydrogen-bond acceptors (Lipinski definition) is 2. The molecule has 0 amide bonds. The van der Waals surface area contributed by atoms with Crippen LogP contribution >= 0.6 is 11.3 Å². The van der Waals surface area contributed by atoms with Gasteiger partial charge in [0.25, 0.3) is 0 Å². The summed E-state index contributed by atoms with van der Waals surface area (Å²) >= 11 is 1.80. The number of thiophene rings is 1. The van der Waals surface area contributed by atoms with Crippen molar-refractivity contribution in [1.29, 1.82) is 0 Å². The topological polar surface area (TPSA) is 12.0 Å². The Morgan fingerprint density at radius 1 is 1.11 bits per heavy atom. The van der Waals surface area contributed by atoms with Gasteiger partial charge in [-0.25, -0.2) is 0 Å². The van der Waals surface area contributed by atoms with E-state index in [1.807, 2.05) is 0 Å². The third-order valence-electron chi connectivity index (χ3n) is 3.47. The molecule has 1 nitrogen and oxygen atoms in total. The van der Waals surface area contributed by atoms with Crippen LogP contribution < -0.4 is 5.32 Å². The van der Waals surface area contributed by atoms with E-state index >= 15 is 0 Å². The van der Waals surface area contributed by atoms with Gasteiger partial charge in [0.05, 0.1) is 0 Å². The molecule has 0 fully saturated rings. The molecule has 0 saturated carbocycles. The largest absolute Gasteiger partial charge is 0.317 e. The summed E-state index contributed by atoms with van der Waals surface area (Å²) in [6, 6.07) is 13.1. The zero-order valence-corrected chi connectivity index (χ0v) is 12.5. The first kappa shape index (κ1) is 14.3. The normalized spacial score (nSPS) is 12.5. The lowest BCUT2D eigenvalue weighted by Gasteiger charge is -2.17. The zero-order valence-electron chi connectivity index (χ0n) is 11.6. The molecule has 0 aliphatic rings. The SMILES string of the molecule is CCNCC(CCc1ccsc1)Cc1ccccc1. The van der Waals surface area contributed by atoms with E-state index in [9.17, 15) is 0 Å². The Morgan fingerprint density at radius 3 is 2.63 bits per heavy atom. The van der Waals surface area contributed by atoms with Gasteiger partial charge in [-0.05, 0) is 66.2 Å². The van der Waals surface area contributed by atoms with Gasteiger partial charge in [0, 0.05) is 0 Å². The monoisotopic (exact) mass is 273 g/mol. The van der Waals surface area contributed by atoms with Crippen molar-refractivity contribution in [3.05, 3.63) is 58.3 Å². The molecule has 2 aromatic rings. The van der Waals surface area contributed by atoms with E-state index in [1.165, 1.54) is 30.4 Å². The molecule has 1 N–H and O–H groups in total. The number of nitrogens with one attached hydrogen (secondary N) is 1. The molecule has 0 spiro atoms. The molecule has 0 saturated heterocycles. The Labute approximate surface area is 120 Å². The third kappa shape index (κ3) is 5.17. The van der Waals surface area contributed by atoms with Crippen LogP contribution in [0.25, 0.3) is 0 Å². The molecule has 102 valence electrons. The molecule has 1 aromatic carbocycles. The first-order valence-corrected chi connectivity index (χ1v) is 8.08. The molecular formula is C17H23NS. The van der Waals surface area contributed by atoms with Crippen molar-refractivity contribution in [2.75, 3.05) is 13.1 Å². The van der Waals surface area contributed by atoms with Gasteiger partial charge in [-0.3, -0.25) is 0 Å². The first-order valence-electron chi connectivity index (χ1n) is 7.14. The van der Waals surface area contributed by atoms with E-state index < -0.39 is 0 Å². The van der Waals surface area contributed by atoms with E-state index in [1.54, 1.807) is 11.3 Å². The second kappa shape index (κ2) is 8.13. The Morgan fingerprint density at radius 2 is 1.95 bits per heavy atom. The van der Waals surface area contributed by atoms with Gasteiger partial charge in [0.2, 0.25) is 0 Å². The van der Waals surface area contributed by atoms with Gasteiger partial charge in [0.15, 0.2) is 0 Å². The van der Waals surface area contributed by atoms with Crippen LogP contribution in [0.4, 0.5) is 0 Å². The molecule has 19 heavy (non-hydrogen) atoms. The zero-order chi connectivity index (χ0) is 13.3. The molecule has 0 aliphatic heterocycles. The van der Waals surface area contributed by atoms with E-state index in [0.717, 1.165) is 19.0 Å². The number of rotatable bonds is 8. The lowest BCUT2D eigenvalue weighted by atomic mass is 9.93. The van der Waals surface area contributed by atoms with Crippen molar-refractivity contribution in [1.82, 2.24) is 5.32 Å². The highest BCUT2D eigenvalue weighted by Crippen LogP contribution is 2.16. The summed E-state index contributed by atoms with van der Waals surface area (Å²) in [5.41, 5.74) is 2.94. The van der Waals surface area contributed by atoms with Crippen molar-refractivity contribution in [2.45, 2.75) is 26.2 Å². The van der Waals surface area contributed by atoms with Gasteiger partial charge < -0.3 is 5.32 Å². The fraction of sp³-hybridized carbons (Fsp3) is 0.412. The summed E-state index contributed by atoms with van der Waals surface area (Å²) in [5, 5.41) is 7.94. The van der Waals surface area contributed by atoms with Gasteiger partial charge >= 0.3 is 0 Å². The summed E-state index contributed by atoms with van der Waals surface area (Å²) in [5.74, 6) is 0.724. The summed E-state index contributed by atoms with van der Waals surface area (Å²) in [7, 11) is 0. The predicted molar refractivity (Wildman–Crippen MR) is 84.8 cm³/mol. The van der Waals surface area contributed by atoms with Gasteiger partial charge in [-0.15, -0.1) is 0 Å². The summed E-state index contributed by atoms with van der Waals surface area (Å²) in [4.78, 5) is 0. The second-order valence-electron chi connectivity index (χ2n) is 5.03. The van der Waals surface area contributed by atoms with E-state index in [4.69, 9.17) is 0 Å². The number of benzene rings is 1. The van der Waals surface area contributed by atoms with E-state index in [2.05, 4.69) is 59.4 Å². The van der Waals surface area contributed by atoms with Crippen molar-refractivity contribution in [3.8, 4) is 0 Å². The molecule has 1 aromatic heterocycles. The summed E-state index contributed by atoms with van der Waals surface area (Å²) < 4.78 is 0. The average molecular weight is 273 g/mol. The smallest absolute Gasteiger partial charge is 0.00173 e. The standard InChI is InChI=1S/C17H23NS/c1-2-18-13-17(9-8-16-10-11-19-14-16)12-15-6-4-3-5-7-15/h3-7,10-11,14,17-18H,2,8-9,12-13H2,1H3. The van der Waals surface area contributed by atoms with E-state index in [-0.39, 0.29) is 0 Å². The maximum atomic E-state index is 3.50. The second-order valence-corrected chi connectivity index (χ2v) is 5.81. The Bertz CT molecular complexity index is 436. The summed E-state index contributed by atoms with van der Waals surface area (Å²) in [6.45, 7) is 4.36. The minimum atomic E-state index is 0.724. The van der Waals surface area contributed by atoms with Crippen LogP contribution in [0.15, 0.2) is 47.2 Å². The maximum absolute atomic E-state index is 3.50. The van der Waals surface area contributed by atoms with Crippen molar-refractivity contribution < 1.29 is 0 Å². The Balaban J connectivity index is 1.87. The fourth-order valence-corrected chi connectivity index (χ4v) is 3.08. The van der Waals surface area contributed by atoms with Crippen LogP contribution in [0, 0.1) is 5.92 Å². The maximum Gasteiger partial charge on any atom is -0.00173 e. The van der Waals surface area contributed by atoms with Crippen LogP contribution in [0.5, 0.6) is 0 Å². The molecule has 1 atom stereocenters. The Hall–Kier alpha value is -1.12. The third-order valence-corrected chi connectivity index (χ3v) is 4.20. The molecule has 1 heterocycles. The average Bonchev–Trinajstić information content (AvgIpc) is 2.96. The van der Waals surface area contributed by atoms with Gasteiger partial charge in [-0.1, -0.05) is 37.3 Å². The molecular weight excluding hydrogens is 250 g/mol. The van der Waals surface area contributed by atoms with Crippen LogP contribution in [0.1, 0.15) is 24.5 Å². The minimum absolute atomic E-state index is 0.724. The van der Waals surface area contributed by atoms with Crippen LogP contribution in [0.2, 0.25) is 0 Å². The predicted octanol–water partition coefficient (Wildman–Crippen LogP) is 4.15. The van der Waals surface area contributed by atoms with Gasteiger partial charge in [0.1, 0.15) is 0 Å².